The van der Waals surface area contributed by atoms with Crippen LogP contribution in [0, 0.1) is 0 Å². The summed E-state index contributed by atoms with van der Waals surface area (Å²) >= 11 is 5.68. The van der Waals surface area contributed by atoms with Crippen LogP contribution in [0.25, 0.3) is 0 Å². The molecule has 0 fully saturated rings. The molecule has 0 rings (SSSR count). The number of amides is 1. The van der Waals surface area contributed by atoms with Gasteiger partial charge in [0.15, 0.2) is 0 Å². The number of hydrogen-bond acceptors (Lipinski definition) is 1. The lowest BCUT2D eigenvalue weighted by atomic mass is 10.1. The zero-order chi connectivity index (χ0) is 15.1. The zero-order valence-corrected chi connectivity index (χ0v) is 14.4. The van der Waals surface area contributed by atoms with Crippen molar-refractivity contribution in [1.82, 2.24) is 4.90 Å². The second-order valence-corrected chi connectivity index (χ2v) is 5.97. The standard InChI is InChI=1S/C17H34ClNO/c1-3-5-6-7-8-9-10-11-12-14-17(20)19(4-2)16-13-15-18/h3-16H2,1-2H3. The number of unbranched alkanes of at least 4 members (excludes halogenated alkanes) is 8. The highest BCUT2D eigenvalue weighted by Crippen LogP contribution is 2.11. The van der Waals surface area contributed by atoms with Crippen molar-refractivity contribution >= 4 is 17.5 Å². The van der Waals surface area contributed by atoms with E-state index < -0.39 is 0 Å². The van der Waals surface area contributed by atoms with Crippen molar-refractivity contribution in [3.8, 4) is 0 Å². The van der Waals surface area contributed by atoms with Gasteiger partial charge in [0.1, 0.15) is 0 Å². The highest BCUT2D eigenvalue weighted by Gasteiger charge is 2.10. The third-order valence-electron chi connectivity index (χ3n) is 3.79. The Kier molecular flexibility index (Phi) is 15.0. The molecular formula is C17H34ClNO. The molecule has 0 bridgehead atoms. The quantitative estimate of drug-likeness (QED) is 0.311. The first-order valence-corrected chi connectivity index (χ1v) is 9.13. The minimum absolute atomic E-state index is 0.306. The molecule has 0 heterocycles. The number of rotatable bonds is 14. The topological polar surface area (TPSA) is 20.3 Å². The molecule has 0 saturated carbocycles. The molecule has 0 unspecified atom stereocenters. The van der Waals surface area contributed by atoms with E-state index in [2.05, 4.69) is 6.92 Å². The Morgan fingerprint density at radius 1 is 0.850 bits per heavy atom. The van der Waals surface area contributed by atoms with Gasteiger partial charge in [-0.15, -0.1) is 11.6 Å². The molecule has 0 N–H and O–H groups in total. The van der Waals surface area contributed by atoms with Crippen molar-refractivity contribution in [2.75, 3.05) is 19.0 Å². The van der Waals surface area contributed by atoms with Gasteiger partial charge in [0.25, 0.3) is 0 Å². The Balaban J connectivity index is 3.41. The van der Waals surface area contributed by atoms with Crippen molar-refractivity contribution < 1.29 is 4.79 Å². The molecule has 0 aliphatic heterocycles. The molecule has 0 aromatic heterocycles. The van der Waals surface area contributed by atoms with E-state index in [1.165, 1.54) is 51.4 Å². The minimum Gasteiger partial charge on any atom is -0.343 e. The van der Waals surface area contributed by atoms with Gasteiger partial charge in [-0.3, -0.25) is 4.79 Å². The fraction of sp³-hybridized carbons (Fsp3) is 0.941. The molecule has 0 aliphatic carbocycles. The van der Waals surface area contributed by atoms with Crippen molar-refractivity contribution in [3.63, 3.8) is 0 Å². The molecule has 2 nitrogen and oxygen atoms in total. The molecule has 0 aliphatic rings. The summed E-state index contributed by atoms with van der Waals surface area (Å²) in [5, 5.41) is 0. The van der Waals surface area contributed by atoms with Crippen LogP contribution in [-0.2, 0) is 4.79 Å². The molecule has 120 valence electrons. The molecule has 0 saturated heterocycles. The summed E-state index contributed by atoms with van der Waals surface area (Å²) in [7, 11) is 0. The highest BCUT2D eigenvalue weighted by atomic mass is 35.5. The van der Waals surface area contributed by atoms with Crippen LogP contribution in [0.4, 0.5) is 0 Å². The predicted octanol–water partition coefficient (Wildman–Crippen LogP) is 5.38. The summed E-state index contributed by atoms with van der Waals surface area (Å²) in [5.74, 6) is 0.947. The van der Waals surface area contributed by atoms with Gasteiger partial charge in [-0.2, -0.15) is 0 Å². The lowest BCUT2D eigenvalue weighted by molar-refractivity contribution is -0.131. The SMILES string of the molecule is CCCCCCCCCCCC(=O)N(CC)CCCCl. The third-order valence-corrected chi connectivity index (χ3v) is 4.06. The van der Waals surface area contributed by atoms with Crippen LogP contribution in [0.1, 0.15) is 84.5 Å². The number of hydrogen-bond donors (Lipinski definition) is 0. The van der Waals surface area contributed by atoms with E-state index in [0.717, 1.165) is 25.9 Å². The van der Waals surface area contributed by atoms with E-state index in [1.54, 1.807) is 0 Å². The third kappa shape index (κ3) is 11.6. The molecule has 0 aromatic carbocycles. The maximum atomic E-state index is 12.0. The normalized spacial score (nSPS) is 10.8. The predicted molar refractivity (Wildman–Crippen MR) is 89.4 cm³/mol. The minimum atomic E-state index is 0.306. The maximum absolute atomic E-state index is 12.0. The van der Waals surface area contributed by atoms with Crippen molar-refractivity contribution in [2.45, 2.75) is 84.5 Å². The Labute approximate surface area is 131 Å². The second-order valence-electron chi connectivity index (χ2n) is 5.59. The first kappa shape index (κ1) is 19.8. The van der Waals surface area contributed by atoms with Crippen molar-refractivity contribution in [3.05, 3.63) is 0 Å². The smallest absolute Gasteiger partial charge is 0.222 e. The van der Waals surface area contributed by atoms with E-state index in [4.69, 9.17) is 11.6 Å². The monoisotopic (exact) mass is 303 g/mol. The van der Waals surface area contributed by atoms with Crippen LogP contribution in [0.3, 0.4) is 0 Å². The molecule has 0 aromatic rings. The van der Waals surface area contributed by atoms with Crippen LogP contribution in [0.15, 0.2) is 0 Å². The van der Waals surface area contributed by atoms with Gasteiger partial charge in [0.2, 0.25) is 5.91 Å². The lowest BCUT2D eigenvalue weighted by Crippen LogP contribution is -2.31. The molecule has 0 atom stereocenters. The van der Waals surface area contributed by atoms with Crippen LogP contribution >= 0.6 is 11.6 Å². The summed E-state index contributed by atoms with van der Waals surface area (Å²) < 4.78 is 0. The van der Waals surface area contributed by atoms with Crippen LogP contribution in [-0.4, -0.2) is 29.8 Å². The van der Waals surface area contributed by atoms with E-state index in [0.29, 0.717) is 18.2 Å². The highest BCUT2D eigenvalue weighted by molar-refractivity contribution is 6.17. The zero-order valence-electron chi connectivity index (χ0n) is 13.6. The van der Waals surface area contributed by atoms with Gasteiger partial charge < -0.3 is 4.90 Å². The van der Waals surface area contributed by atoms with Gasteiger partial charge in [0.05, 0.1) is 0 Å². The lowest BCUT2D eigenvalue weighted by Gasteiger charge is -2.20. The number of nitrogens with zero attached hydrogens (tertiary/aromatic N) is 1. The Bertz CT molecular complexity index is 221. The van der Waals surface area contributed by atoms with Crippen LogP contribution < -0.4 is 0 Å². The molecule has 0 spiro atoms. The second kappa shape index (κ2) is 15.2. The van der Waals surface area contributed by atoms with E-state index in [1.807, 2.05) is 11.8 Å². The first-order valence-electron chi connectivity index (χ1n) is 8.60. The van der Waals surface area contributed by atoms with Crippen LogP contribution in [0.5, 0.6) is 0 Å². The Hall–Kier alpha value is -0.240. The summed E-state index contributed by atoms with van der Waals surface area (Å²) in [6.45, 7) is 5.93. The molecule has 20 heavy (non-hydrogen) atoms. The maximum Gasteiger partial charge on any atom is 0.222 e. The molecular weight excluding hydrogens is 270 g/mol. The van der Waals surface area contributed by atoms with E-state index >= 15 is 0 Å². The van der Waals surface area contributed by atoms with Gasteiger partial charge in [-0.25, -0.2) is 0 Å². The number of halogens is 1. The van der Waals surface area contributed by atoms with Crippen molar-refractivity contribution in [1.29, 1.82) is 0 Å². The van der Waals surface area contributed by atoms with E-state index in [9.17, 15) is 4.79 Å². The molecule has 1 amide bonds. The first-order chi connectivity index (χ1) is 9.76. The number of carbonyl (C=O) groups excluding carboxylic acids is 1. The summed E-state index contributed by atoms with van der Waals surface area (Å²) in [6.07, 6.45) is 13.3. The summed E-state index contributed by atoms with van der Waals surface area (Å²) in [4.78, 5) is 13.9. The number of alkyl halides is 1. The van der Waals surface area contributed by atoms with Crippen LogP contribution in [0.2, 0.25) is 0 Å². The molecule has 3 heteroatoms. The summed E-state index contributed by atoms with van der Waals surface area (Å²) in [6, 6.07) is 0. The largest absolute Gasteiger partial charge is 0.343 e. The van der Waals surface area contributed by atoms with Gasteiger partial charge in [-0.05, 0) is 19.8 Å². The van der Waals surface area contributed by atoms with Crippen molar-refractivity contribution in [2.24, 2.45) is 0 Å². The van der Waals surface area contributed by atoms with E-state index in [-0.39, 0.29) is 0 Å². The fourth-order valence-corrected chi connectivity index (χ4v) is 2.57. The average Bonchev–Trinajstić information content (AvgIpc) is 2.46. The molecule has 0 radical (unpaired) electrons. The van der Waals surface area contributed by atoms with Gasteiger partial charge in [0, 0.05) is 25.4 Å². The Morgan fingerprint density at radius 3 is 1.90 bits per heavy atom. The summed E-state index contributed by atoms with van der Waals surface area (Å²) in [5.41, 5.74) is 0. The Morgan fingerprint density at radius 2 is 1.40 bits per heavy atom. The average molecular weight is 304 g/mol. The fourth-order valence-electron chi connectivity index (χ4n) is 2.45. The van der Waals surface area contributed by atoms with Gasteiger partial charge in [-0.1, -0.05) is 58.3 Å². The van der Waals surface area contributed by atoms with Gasteiger partial charge >= 0.3 is 0 Å². The number of carbonyl (C=O) groups is 1.